The molecule has 1 amide bonds. The number of benzene rings is 1. The van der Waals surface area contributed by atoms with Gasteiger partial charge in [0.25, 0.3) is 5.91 Å². The Morgan fingerprint density at radius 3 is 2.60 bits per heavy atom. The van der Waals surface area contributed by atoms with E-state index >= 15 is 0 Å². The van der Waals surface area contributed by atoms with Crippen LogP contribution in [0.4, 0.5) is 17.6 Å². The summed E-state index contributed by atoms with van der Waals surface area (Å²) in [4.78, 5) is 11.6. The third-order valence-electron chi connectivity index (χ3n) is 2.60. The highest BCUT2D eigenvalue weighted by Crippen LogP contribution is 2.30. The van der Waals surface area contributed by atoms with Gasteiger partial charge in [-0.2, -0.15) is 13.2 Å². The first-order chi connectivity index (χ1) is 9.21. The molecule has 20 heavy (non-hydrogen) atoms. The molecule has 0 saturated carbocycles. The zero-order valence-electron chi connectivity index (χ0n) is 10.7. The van der Waals surface area contributed by atoms with Gasteiger partial charge in [-0.1, -0.05) is 0 Å². The van der Waals surface area contributed by atoms with Crippen molar-refractivity contribution in [3.05, 3.63) is 35.1 Å². The maximum absolute atomic E-state index is 13.4. The zero-order valence-corrected chi connectivity index (χ0v) is 11.5. The molecule has 1 atom stereocenters. The predicted octanol–water partition coefficient (Wildman–Crippen LogP) is 3.98. The number of hydrogen-bond acceptors (Lipinski definition) is 1. The van der Waals surface area contributed by atoms with Crippen LogP contribution in [0.15, 0.2) is 18.2 Å². The van der Waals surface area contributed by atoms with Gasteiger partial charge in [0.15, 0.2) is 0 Å². The van der Waals surface area contributed by atoms with Crippen molar-refractivity contribution in [3.8, 4) is 0 Å². The predicted molar refractivity (Wildman–Crippen MR) is 68.3 cm³/mol. The van der Waals surface area contributed by atoms with Crippen LogP contribution in [0.25, 0.3) is 0 Å². The monoisotopic (exact) mass is 311 g/mol. The number of nitrogens with one attached hydrogen (secondary N) is 1. The van der Waals surface area contributed by atoms with E-state index in [-0.39, 0.29) is 11.9 Å². The molecular formula is C13H14ClF4NO. The highest BCUT2D eigenvalue weighted by molar-refractivity contribution is 6.20. The van der Waals surface area contributed by atoms with Crippen LogP contribution in [-0.2, 0) is 6.18 Å². The Hall–Kier alpha value is -1.30. The highest BCUT2D eigenvalue weighted by atomic mass is 35.5. The molecule has 0 heterocycles. The molecule has 0 aliphatic carbocycles. The molecule has 0 bridgehead atoms. The molecule has 1 aromatic rings. The van der Waals surface area contributed by atoms with E-state index in [9.17, 15) is 22.4 Å². The summed E-state index contributed by atoms with van der Waals surface area (Å²) >= 11 is 5.71. The van der Waals surface area contributed by atoms with Crippen molar-refractivity contribution in [1.29, 1.82) is 0 Å². The van der Waals surface area contributed by atoms with Crippen LogP contribution in [0.3, 0.4) is 0 Å². The minimum absolute atomic E-state index is 0.0582. The summed E-state index contributed by atoms with van der Waals surface area (Å²) in [5.41, 5.74) is -1.67. The van der Waals surface area contributed by atoms with Crippen LogP contribution in [-0.4, -0.2) is 17.8 Å². The quantitative estimate of drug-likeness (QED) is 0.497. The smallest absolute Gasteiger partial charge is 0.352 e. The number of amides is 1. The van der Waals surface area contributed by atoms with Crippen molar-refractivity contribution in [2.45, 2.75) is 31.3 Å². The van der Waals surface area contributed by atoms with E-state index < -0.39 is 29.0 Å². The molecule has 1 rings (SSSR count). The summed E-state index contributed by atoms with van der Waals surface area (Å²) in [7, 11) is 0. The Morgan fingerprint density at radius 1 is 1.40 bits per heavy atom. The summed E-state index contributed by atoms with van der Waals surface area (Å²) in [5, 5.41) is 2.31. The summed E-state index contributed by atoms with van der Waals surface area (Å²) in [6, 6.07) is 1.74. The Bertz CT molecular complexity index is 474. The van der Waals surface area contributed by atoms with E-state index in [0.29, 0.717) is 31.0 Å². The summed E-state index contributed by atoms with van der Waals surface area (Å²) in [5.74, 6) is -1.85. The number of halogens is 5. The van der Waals surface area contributed by atoms with E-state index in [0.717, 1.165) is 0 Å². The molecule has 7 heteroatoms. The fourth-order valence-corrected chi connectivity index (χ4v) is 1.71. The van der Waals surface area contributed by atoms with Crippen LogP contribution in [0, 0.1) is 5.82 Å². The van der Waals surface area contributed by atoms with E-state index in [1.54, 1.807) is 6.92 Å². The summed E-state index contributed by atoms with van der Waals surface area (Å²) in [6.07, 6.45) is -3.40. The number of carbonyl (C=O) groups is 1. The summed E-state index contributed by atoms with van der Waals surface area (Å²) in [6.45, 7) is 2.02. The normalized spacial score (nSPS) is 13.1. The second kappa shape index (κ2) is 6.92. The first-order valence-electron chi connectivity index (χ1n) is 6.01. The molecule has 0 aliphatic rings. The van der Waals surface area contributed by atoms with Gasteiger partial charge in [-0.05, 0) is 38.0 Å². The Balaban J connectivity index is 2.72. The van der Waals surface area contributed by atoms with Crippen molar-refractivity contribution < 1.29 is 22.4 Å². The first-order valence-corrected chi connectivity index (χ1v) is 6.44. The van der Waals surface area contributed by atoms with E-state index in [4.69, 9.17) is 11.6 Å². The van der Waals surface area contributed by atoms with Crippen molar-refractivity contribution in [1.82, 2.24) is 5.32 Å². The average Bonchev–Trinajstić information content (AvgIpc) is 2.33. The van der Waals surface area contributed by atoms with E-state index in [2.05, 4.69) is 5.32 Å². The largest absolute Gasteiger partial charge is 0.416 e. The SMILES string of the molecule is CC(Cl)CCCNC(=O)c1cc(C(F)(F)F)ccc1F. The molecule has 0 fully saturated rings. The molecule has 2 nitrogen and oxygen atoms in total. The molecule has 1 unspecified atom stereocenters. The van der Waals surface area contributed by atoms with Gasteiger partial charge in [0.05, 0.1) is 11.1 Å². The number of hydrogen-bond donors (Lipinski definition) is 1. The maximum Gasteiger partial charge on any atom is 0.416 e. The zero-order chi connectivity index (χ0) is 15.3. The van der Waals surface area contributed by atoms with Crippen LogP contribution in [0.5, 0.6) is 0 Å². The minimum Gasteiger partial charge on any atom is -0.352 e. The summed E-state index contributed by atoms with van der Waals surface area (Å²) < 4.78 is 50.9. The van der Waals surface area contributed by atoms with Gasteiger partial charge < -0.3 is 5.32 Å². The molecule has 0 aromatic heterocycles. The van der Waals surface area contributed by atoms with Gasteiger partial charge in [0.1, 0.15) is 5.82 Å². The minimum atomic E-state index is -4.61. The van der Waals surface area contributed by atoms with Gasteiger partial charge in [-0.25, -0.2) is 4.39 Å². The Kier molecular flexibility index (Phi) is 5.80. The molecular weight excluding hydrogens is 298 g/mol. The third-order valence-corrected chi connectivity index (χ3v) is 2.82. The molecule has 1 aromatic carbocycles. The van der Waals surface area contributed by atoms with Crippen LogP contribution in [0.2, 0.25) is 0 Å². The second-order valence-corrected chi connectivity index (χ2v) is 5.12. The number of alkyl halides is 4. The highest BCUT2D eigenvalue weighted by Gasteiger charge is 2.31. The molecule has 112 valence electrons. The second-order valence-electron chi connectivity index (χ2n) is 4.37. The molecule has 0 aliphatic heterocycles. The first kappa shape index (κ1) is 16.8. The van der Waals surface area contributed by atoms with Crippen LogP contribution < -0.4 is 5.32 Å². The van der Waals surface area contributed by atoms with Crippen LogP contribution >= 0.6 is 11.6 Å². The molecule has 1 N–H and O–H groups in total. The standard InChI is InChI=1S/C13H14ClF4NO/c1-8(14)3-2-6-19-12(20)10-7-9(13(16,17)18)4-5-11(10)15/h4-5,7-8H,2-3,6H2,1H3,(H,19,20). The van der Waals surface area contributed by atoms with Gasteiger partial charge in [-0.3, -0.25) is 4.79 Å². The average molecular weight is 312 g/mol. The van der Waals surface area contributed by atoms with Crippen molar-refractivity contribution in [2.75, 3.05) is 6.54 Å². The number of carbonyl (C=O) groups excluding carboxylic acids is 1. The van der Waals surface area contributed by atoms with E-state index in [1.807, 2.05) is 0 Å². The molecule has 0 radical (unpaired) electrons. The van der Waals surface area contributed by atoms with Gasteiger partial charge in [0.2, 0.25) is 0 Å². The fraction of sp³-hybridized carbons (Fsp3) is 0.462. The van der Waals surface area contributed by atoms with Crippen molar-refractivity contribution in [2.24, 2.45) is 0 Å². The van der Waals surface area contributed by atoms with Crippen molar-refractivity contribution >= 4 is 17.5 Å². The number of rotatable bonds is 5. The third kappa shape index (κ3) is 5.00. The van der Waals surface area contributed by atoms with Crippen LogP contribution in [0.1, 0.15) is 35.7 Å². The lowest BCUT2D eigenvalue weighted by Crippen LogP contribution is -2.26. The van der Waals surface area contributed by atoms with Crippen molar-refractivity contribution in [3.63, 3.8) is 0 Å². The fourth-order valence-electron chi connectivity index (χ4n) is 1.56. The van der Waals surface area contributed by atoms with Gasteiger partial charge in [-0.15, -0.1) is 11.6 Å². The van der Waals surface area contributed by atoms with E-state index in [1.165, 1.54) is 0 Å². The lowest BCUT2D eigenvalue weighted by atomic mass is 10.1. The Labute approximate surface area is 119 Å². The van der Waals surface area contributed by atoms with Gasteiger partial charge in [0, 0.05) is 11.9 Å². The Morgan fingerprint density at radius 2 is 2.05 bits per heavy atom. The lowest BCUT2D eigenvalue weighted by molar-refractivity contribution is -0.137. The molecule has 0 spiro atoms. The molecule has 0 saturated heterocycles. The lowest BCUT2D eigenvalue weighted by Gasteiger charge is -2.10. The topological polar surface area (TPSA) is 29.1 Å². The van der Waals surface area contributed by atoms with Gasteiger partial charge >= 0.3 is 6.18 Å². The maximum atomic E-state index is 13.4.